The van der Waals surface area contributed by atoms with Crippen LogP contribution in [-0.4, -0.2) is 76.6 Å². The Labute approximate surface area is 307 Å². The Morgan fingerprint density at radius 3 is 2.19 bits per heavy atom. The van der Waals surface area contributed by atoms with Gasteiger partial charge >= 0.3 is 11.7 Å². The van der Waals surface area contributed by atoms with Crippen LogP contribution in [0.15, 0.2) is 101 Å². The molecule has 0 bridgehead atoms. The summed E-state index contributed by atoms with van der Waals surface area (Å²) < 4.78 is 11.7. The maximum absolute atomic E-state index is 13.2. The van der Waals surface area contributed by atoms with Crippen LogP contribution in [0.1, 0.15) is 64.6 Å². The maximum Gasteiger partial charge on any atom is 0.338 e. The molecule has 0 saturated carbocycles. The number of aliphatic hydroxyl groups is 2. The van der Waals surface area contributed by atoms with Crippen molar-refractivity contribution in [3.8, 4) is 0 Å². The Bertz CT molecular complexity index is 1980. The number of hydrogen-bond donors (Lipinski definition) is 5. The van der Waals surface area contributed by atoms with Crippen LogP contribution >= 0.6 is 7.92 Å². The van der Waals surface area contributed by atoms with Crippen LogP contribution in [0.3, 0.4) is 0 Å². The van der Waals surface area contributed by atoms with Crippen LogP contribution in [0.5, 0.6) is 0 Å². The fourth-order valence-corrected chi connectivity index (χ4v) is 8.42. The van der Waals surface area contributed by atoms with Crippen LogP contribution in [0.2, 0.25) is 0 Å². The molecule has 1 aliphatic rings. The summed E-state index contributed by atoms with van der Waals surface area (Å²) in [5.41, 5.74) is -0.492. The molecular formula is C39H43N4O9P. The number of aromatic nitrogens is 2. The van der Waals surface area contributed by atoms with Gasteiger partial charge in [0.05, 0.1) is 30.9 Å². The minimum Gasteiger partial charge on any atom is -0.465 e. The summed E-state index contributed by atoms with van der Waals surface area (Å²) >= 11 is 0. The van der Waals surface area contributed by atoms with Gasteiger partial charge in [-0.2, -0.15) is 0 Å². The van der Waals surface area contributed by atoms with Crippen LogP contribution < -0.4 is 37.8 Å². The number of aliphatic hydroxyl groups excluding tert-OH is 2. The van der Waals surface area contributed by atoms with Gasteiger partial charge in [-0.05, 0) is 55.6 Å². The third kappa shape index (κ3) is 10.2. The van der Waals surface area contributed by atoms with E-state index in [9.17, 15) is 34.2 Å². The quantitative estimate of drug-likeness (QED) is 0.0494. The number of methoxy groups -OCH3 is 1. The molecule has 4 aromatic rings. The Hall–Kier alpha value is -5.20. The van der Waals surface area contributed by atoms with Gasteiger partial charge in [0.1, 0.15) is 12.3 Å². The predicted octanol–water partition coefficient (Wildman–Crippen LogP) is 1.84. The number of benzene rings is 3. The monoisotopic (exact) mass is 742 g/mol. The molecule has 278 valence electrons. The SMILES string of the molecule is COC(=O)c1ccc(C(=O)NCCCCCCNC(=O)C=Cc2cn(C3CC(O)C(CO)O3)c(=O)[nH]c2=O)cc1P(c1ccccc1)c1ccccc1. The topological polar surface area (TPSA) is 189 Å². The van der Waals surface area contributed by atoms with E-state index in [0.717, 1.165) is 39.7 Å². The number of carbonyl (C=O) groups is 3. The Balaban J connectivity index is 1.09. The summed E-state index contributed by atoms with van der Waals surface area (Å²) in [6.07, 6.45) is 4.19. The Kier molecular flexibility index (Phi) is 14.0. The van der Waals surface area contributed by atoms with E-state index in [4.69, 9.17) is 9.47 Å². The first kappa shape index (κ1) is 39.0. The highest BCUT2D eigenvalue weighted by Crippen LogP contribution is 2.35. The molecule has 3 aromatic carbocycles. The van der Waals surface area contributed by atoms with E-state index in [1.165, 1.54) is 25.5 Å². The molecule has 2 amide bonds. The molecule has 1 aliphatic heterocycles. The number of nitrogens with one attached hydrogen (secondary N) is 3. The average Bonchev–Trinajstić information content (AvgIpc) is 3.55. The second-order valence-electron chi connectivity index (χ2n) is 12.4. The lowest BCUT2D eigenvalue weighted by Crippen LogP contribution is -2.33. The molecule has 3 atom stereocenters. The van der Waals surface area contributed by atoms with Gasteiger partial charge in [0.2, 0.25) is 5.91 Å². The zero-order chi connectivity index (χ0) is 37.7. The molecule has 5 rings (SSSR count). The van der Waals surface area contributed by atoms with Crippen molar-refractivity contribution in [3.05, 3.63) is 129 Å². The smallest absolute Gasteiger partial charge is 0.338 e. The molecule has 2 heterocycles. The molecule has 5 N–H and O–H groups in total. The van der Waals surface area contributed by atoms with Crippen molar-refractivity contribution in [2.24, 2.45) is 0 Å². The minimum atomic E-state index is -1.16. The molecular weight excluding hydrogens is 699 g/mol. The maximum atomic E-state index is 13.2. The molecule has 3 unspecified atom stereocenters. The van der Waals surface area contributed by atoms with Gasteiger partial charge in [-0.1, -0.05) is 73.5 Å². The van der Waals surface area contributed by atoms with Crippen LogP contribution in [-0.2, 0) is 14.3 Å². The molecule has 53 heavy (non-hydrogen) atoms. The first-order chi connectivity index (χ1) is 25.7. The molecule has 0 aliphatic carbocycles. The van der Waals surface area contributed by atoms with Crippen molar-refractivity contribution in [2.75, 3.05) is 26.8 Å². The first-order valence-electron chi connectivity index (χ1n) is 17.4. The lowest BCUT2D eigenvalue weighted by Gasteiger charge is -2.22. The van der Waals surface area contributed by atoms with E-state index < -0.39 is 56.1 Å². The van der Waals surface area contributed by atoms with E-state index in [1.807, 2.05) is 60.7 Å². The fourth-order valence-electron chi connectivity index (χ4n) is 5.95. The number of carbonyl (C=O) groups excluding carboxylic acids is 3. The van der Waals surface area contributed by atoms with Gasteiger partial charge in [-0.25, -0.2) is 9.59 Å². The minimum absolute atomic E-state index is 0.0520. The summed E-state index contributed by atoms with van der Waals surface area (Å²) in [5, 5.41) is 27.9. The van der Waals surface area contributed by atoms with Gasteiger partial charge in [0.15, 0.2) is 0 Å². The number of H-pyrrole nitrogens is 1. The molecule has 13 nitrogen and oxygen atoms in total. The molecule has 1 aromatic heterocycles. The molecule has 1 fully saturated rings. The lowest BCUT2D eigenvalue weighted by atomic mass is 10.1. The Morgan fingerprint density at radius 2 is 1.58 bits per heavy atom. The van der Waals surface area contributed by atoms with E-state index in [1.54, 1.807) is 18.2 Å². The molecule has 0 spiro atoms. The number of hydrogen-bond acceptors (Lipinski definition) is 9. The van der Waals surface area contributed by atoms with Crippen LogP contribution in [0.4, 0.5) is 0 Å². The van der Waals surface area contributed by atoms with Gasteiger partial charge in [0, 0.05) is 42.7 Å². The standard InChI is InChI=1S/C39H43N4O9P/c1-51-38(49)30-18-16-26(22-33(30)53(28-12-6-4-7-13-28)29-14-8-5-9-15-29)36(47)41-21-11-3-2-10-20-40-34(46)19-17-27-24-43(39(50)42-37(27)48)35-23-31(45)32(25-44)52-35/h4-9,12-19,22,24,31-32,35,44-45H,2-3,10-11,20-21,23,25H2,1H3,(H,40,46)(H,41,47)(H,42,48,50). The van der Waals surface area contributed by atoms with E-state index in [-0.39, 0.29) is 17.9 Å². The van der Waals surface area contributed by atoms with E-state index >= 15 is 0 Å². The molecule has 0 radical (unpaired) electrons. The average molecular weight is 743 g/mol. The largest absolute Gasteiger partial charge is 0.465 e. The van der Waals surface area contributed by atoms with Gasteiger partial charge < -0.3 is 30.3 Å². The number of unbranched alkanes of at least 4 members (excludes halogenated alkanes) is 3. The first-order valence-corrected chi connectivity index (χ1v) is 18.7. The highest BCUT2D eigenvalue weighted by atomic mass is 31.1. The summed E-state index contributed by atoms with van der Waals surface area (Å²) in [4.78, 5) is 65.2. The third-order valence-corrected chi connectivity index (χ3v) is 11.2. The van der Waals surface area contributed by atoms with Crippen molar-refractivity contribution in [1.29, 1.82) is 0 Å². The Morgan fingerprint density at radius 1 is 0.943 bits per heavy atom. The van der Waals surface area contributed by atoms with Crippen LogP contribution in [0.25, 0.3) is 6.08 Å². The van der Waals surface area contributed by atoms with Crippen LogP contribution in [0, 0.1) is 0 Å². The summed E-state index contributed by atoms with van der Waals surface area (Å²) in [6.45, 7) is 0.446. The highest BCUT2D eigenvalue weighted by Gasteiger charge is 2.35. The van der Waals surface area contributed by atoms with Crippen molar-refractivity contribution >= 4 is 47.7 Å². The number of amides is 2. The fraction of sp³-hybridized carbons (Fsp3) is 0.308. The van der Waals surface area contributed by atoms with Gasteiger partial charge in [-0.15, -0.1) is 0 Å². The zero-order valence-corrected chi connectivity index (χ0v) is 30.2. The van der Waals surface area contributed by atoms with E-state index in [0.29, 0.717) is 30.6 Å². The van der Waals surface area contributed by atoms with E-state index in [2.05, 4.69) is 15.6 Å². The number of nitrogens with zero attached hydrogens (tertiary/aromatic N) is 1. The third-order valence-electron chi connectivity index (χ3n) is 8.73. The van der Waals surface area contributed by atoms with Crippen molar-refractivity contribution in [3.63, 3.8) is 0 Å². The van der Waals surface area contributed by atoms with Crippen molar-refractivity contribution < 1.29 is 34.1 Å². The highest BCUT2D eigenvalue weighted by molar-refractivity contribution is 7.80. The zero-order valence-electron chi connectivity index (χ0n) is 29.3. The second kappa shape index (κ2) is 19.0. The molecule has 1 saturated heterocycles. The normalized spacial score (nSPS) is 16.9. The number of rotatable bonds is 16. The number of esters is 1. The predicted molar refractivity (Wildman–Crippen MR) is 202 cm³/mol. The summed E-state index contributed by atoms with van der Waals surface area (Å²) in [7, 11) is 0.183. The molecule has 14 heteroatoms. The van der Waals surface area contributed by atoms with Crippen molar-refractivity contribution in [1.82, 2.24) is 20.2 Å². The number of ether oxygens (including phenoxy) is 2. The number of aromatic amines is 1. The summed E-state index contributed by atoms with van der Waals surface area (Å²) in [6, 6.07) is 24.9. The lowest BCUT2D eigenvalue weighted by molar-refractivity contribution is -0.116. The van der Waals surface area contributed by atoms with Crippen molar-refractivity contribution in [2.45, 2.75) is 50.5 Å². The van der Waals surface area contributed by atoms with Gasteiger partial charge in [0.25, 0.3) is 11.5 Å². The van der Waals surface area contributed by atoms with Gasteiger partial charge in [-0.3, -0.25) is 23.9 Å². The second-order valence-corrected chi connectivity index (χ2v) is 14.6. The summed E-state index contributed by atoms with van der Waals surface area (Å²) in [5.74, 6) is -1.12.